The van der Waals surface area contributed by atoms with Crippen LogP contribution in [0.4, 0.5) is 0 Å². The van der Waals surface area contributed by atoms with E-state index in [9.17, 15) is 0 Å². The average Bonchev–Trinajstić information content (AvgIpc) is 1.98. The lowest BCUT2D eigenvalue weighted by Gasteiger charge is -2.08. The SMILES string of the molecule is [B]C1OC(=C)C(C)C1C. The van der Waals surface area contributed by atoms with E-state index in [1.165, 1.54) is 0 Å². The molecule has 0 saturated carbocycles. The first-order chi connectivity index (χ1) is 4.13. The Bertz CT molecular complexity index is 133. The standard InChI is InChI=1S/C7H11BO/c1-4-5(2)7(8)9-6(4)3/h4-5,7H,3H2,1-2H3. The molecule has 9 heavy (non-hydrogen) atoms. The van der Waals surface area contributed by atoms with E-state index in [0.29, 0.717) is 11.8 Å². The van der Waals surface area contributed by atoms with E-state index in [0.717, 1.165) is 5.76 Å². The summed E-state index contributed by atoms with van der Waals surface area (Å²) in [7, 11) is 5.58. The van der Waals surface area contributed by atoms with Crippen LogP contribution in [0.5, 0.6) is 0 Å². The molecular weight excluding hydrogens is 111 g/mol. The van der Waals surface area contributed by atoms with Gasteiger partial charge in [-0.05, 0) is 5.92 Å². The van der Waals surface area contributed by atoms with Crippen LogP contribution in [-0.2, 0) is 4.74 Å². The third-order valence-electron chi connectivity index (χ3n) is 2.10. The van der Waals surface area contributed by atoms with Crippen LogP contribution in [0, 0.1) is 11.8 Å². The van der Waals surface area contributed by atoms with Crippen molar-refractivity contribution in [2.24, 2.45) is 11.8 Å². The Balaban J connectivity index is 2.65. The van der Waals surface area contributed by atoms with Gasteiger partial charge >= 0.3 is 0 Å². The third kappa shape index (κ3) is 0.981. The highest BCUT2D eigenvalue weighted by molar-refractivity contribution is 6.11. The van der Waals surface area contributed by atoms with Crippen molar-refractivity contribution < 1.29 is 4.74 Å². The molecule has 0 bridgehead atoms. The first kappa shape index (κ1) is 6.72. The second-order valence-corrected chi connectivity index (χ2v) is 2.70. The third-order valence-corrected chi connectivity index (χ3v) is 2.10. The predicted molar refractivity (Wildman–Crippen MR) is 38.1 cm³/mol. The van der Waals surface area contributed by atoms with E-state index in [4.69, 9.17) is 12.6 Å². The zero-order valence-corrected chi connectivity index (χ0v) is 5.92. The van der Waals surface area contributed by atoms with Gasteiger partial charge in [0.1, 0.15) is 7.85 Å². The molecule has 0 aromatic heterocycles. The van der Waals surface area contributed by atoms with E-state index >= 15 is 0 Å². The van der Waals surface area contributed by atoms with E-state index < -0.39 is 0 Å². The lowest BCUT2D eigenvalue weighted by atomic mass is 9.83. The van der Waals surface area contributed by atoms with Crippen molar-refractivity contribution in [3.63, 3.8) is 0 Å². The van der Waals surface area contributed by atoms with E-state index in [-0.39, 0.29) is 6.00 Å². The minimum Gasteiger partial charge on any atom is -0.505 e. The normalized spacial score (nSPS) is 42.9. The number of ether oxygens (including phenoxy) is 1. The van der Waals surface area contributed by atoms with Gasteiger partial charge in [-0.3, -0.25) is 0 Å². The van der Waals surface area contributed by atoms with Crippen molar-refractivity contribution in [2.75, 3.05) is 0 Å². The van der Waals surface area contributed by atoms with Crippen LogP contribution in [0.2, 0.25) is 0 Å². The summed E-state index contributed by atoms with van der Waals surface area (Å²) in [5, 5.41) is 0. The summed E-state index contributed by atoms with van der Waals surface area (Å²) >= 11 is 0. The number of hydrogen-bond acceptors (Lipinski definition) is 1. The van der Waals surface area contributed by atoms with Crippen LogP contribution >= 0.6 is 0 Å². The van der Waals surface area contributed by atoms with Crippen LogP contribution < -0.4 is 0 Å². The molecule has 1 fully saturated rings. The molecule has 2 radical (unpaired) electrons. The molecule has 1 heterocycles. The van der Waals surface area contributed by atoms with Gasteiger partial charge in [0, 0.05) is 5.92 Å². The first-order valence-electron chi connectivity index (χ1n) is 3.24. The van der Waals surface area contributed by atoms with Crippen LogP contribution in [0.1, 0.15) is 13.8 Å². The highest BCUT2D eigenvalue weighted by Gasteiger charge is 2.30. The number of hydrogen-bond donors (Lipinski definition) is 0. The molecule has 0 amide bonds. The Labute approximate surface area is 57.5 Å². The molecule has 3 atom stereocenters. The lowest BCUT2D eigenvalue weighted by molar-refractivity contribution is 0.208. The summed E-state index contributed by atoms with van der Waals surface area (Å²) < 4.78 is 5.17. The quantitative estimate of drug-likeness (QED) is 0.440. The molecule has 0 aromatic carbocycles. The molecule has 1 saturated heterocycles. The van der Waals surface area contributed by atoms with Crippen LogP contribution in [0.25, 0.3) is 0 Å². The molecular formula is C7H11BO. The molecule has 1 rings (SSSR count). The number of rotatable bonds is 0. The molecule has 48 valence electrons. The second-order valence-electron chi connectivity index (χ2n) is 2.70. The molecule has 0 N–H and O–H groups in total. The Morgan fingerprint density at radius 3 is 2.22 bits per heavy atom. The van der Waals surface area contributed by atoms with Crippen LogP contribution in [0.15, 0.2) is 12.3 Å². The topological polar surface area (TPSA) is 9.23 Å². The first-order valence-corrected chi connectivity index (χ1v) is 3.24. The maximum Gasteiger partial charge on any atom is 0.127 e. The highest BCUT2D eigenvalue weighted by atomic mass is 16.5. The smallest absolute Gasteiger partial charge is 0.127 e. The maximum absolute atomic E-state index is 5.58. The van der Waals surface area contributed by atoms with Gasteiger partial charge in [0.05, 0.1) is 11.8 Å². The summed E-state index contributed by atoms with van der Waals surface area (Å²) in [6.07, 6.45) is 0. The summed E-state index contributed by atoms with van der Waals surface area (Å²) in [6, 6.07) is -0.132. The van der Waals surface area contributed by atoms with Gasteiger partial charge in [-0.2, -0.15) is 0 Å². The number of allylic oxidation sites excluding steroid dienone is 1. The minimum atomic E-state index is -0.132. The predicted octanol–water partition coefficient (Wildman–Crippen LogP) is 1.30. The molecule has 2 heteroatoms. The highest BCUT2D eigenvalue weighted by Crippen LogP contribution is 2.31. The molecule has 1 nitrogen and oxygen atoms in total. The van der Waals surface area contributed by atoms with Crippen molar-refractivity contribution in [1.82, 2.24) is 0 Å². The molecule has 1 aliphatic rings. The zero-order valence-electron chi connectivity index (χ0n) is 5.92. The Hall–Kier alpha value is -0.395. The van der Waals surface area contributed by atoms with Crippen molar-refractivity contribution in [1.29, 1.82) is 0 Å². The maximum atomic E-state index is 5.58. The van der Waals surface area contributed by atoms with Gasteiger partial charge < -0.3 is 4.74 Å². The van der Waals surface area contributed by atoms with Crippen molar-refractivity contribution >= 4 is 7.85 Å². The Morgan fingerprint density at radius 1 is 1.56 bits per heavy atom. The average molecular weight is 122 g/mol. The molecule has 1 aliphatic heterocycles. The summed E-state index contributed by atoms with van der Waals surface area (Å²) in [5.74, 6) is 1.66. The van der Waals surface area contributed by atoms with Gasteiger partial charge in [0.25, 0.3) is 0 Å². The van der Waals surface area contributed by atoms with E-state index in [2.05, 4.69) is 20.4 Å². The van der Waals surface area contributed by atoms with Gasteiger partial charge in [-0.15, -0.1) is 0 Å². The largest absolute Gasteiger partial charge is 0.505 e. The molecule has 0 aliphatic carbocycles. The fraction of sp³-hybridized carbons (Fsp3) is 0.714. The van der Waals surface area contributed by atoms with Crippen LogP contribution in [0.3, 0.4) is 0 Å². The van der Waals surface area contributed by atoms with Crippen molar-refractivity contribution in [3.8, 4) is 0 Å². The van der Waals surface area contributed by atoms with Gasteiger partial charge in [0.15, 0.2) is 0 Å². The van der Waals surface area contributed by atoms with Crippen molar-refractivity contribution in [2.45, 2.75) is 19.9 Å². The van der Waals surface area contributed by atoms with Gasteiger partial charge in [-0.1, -0.05) is 20.4 Å². The molecule has 0 spiro atoms. The van der Waals surface area contributed by atoms with E-state index in [1.54, 1.807) is 0 Å². The Morgan fingerprint density at radius 2 is 2.11 bits per heavy atom. The minimum absolute atomic E-state index is 0.132. The van der Waals surface area contributed by atoms with Gasteiger partial charge in [0.2, 0.25) is 0 Å². The summed E-state index contributed by atoms with van der Waals surface area (Å²) in [5.41, 5.74) is 0. The molecule has 0 aromatic rings. The monoisotopic (exact) mass is 122 g/mol. The second kappa shape index (κ2) is 2.09. The lowest BCUT2D eigenvalue weighted by Crippen LogP contribution is -2.14. The fourth-order valence-corrected chi connectivity index (χ4v) is 0.967. The fourth-order valence-electron chi connectivity index (χ4n) is 0.967. The summed E-state index contributed by atoms with van der Waals surface area (Å²) in [6.45, 7) is 7.89. The zero-order chi connectivity index (χ0) is 7.02. The van der Waals surface area contributed by atoms with Gasteiger partial charge in [-0.25, -0.2) is 0 Å². The summed E-state index contributed by atoms with van der Waals surface area (Å²) in [4.78, 5) is 0. The van der Waals surface area contributed by atoms with Crippen molar-refractivity contribution in [3.05, 3.63) is 12.3 Å². The Kier molecular flexibility index (Phi) is 1.56. The van der Waals surface area contributed by atoms with E-state index in [1.807, 2.05) is 0 Å². The van der Waals surface area contributed by atoms with Crippen LogP contribution in [-0.4, -0.2) is 13.8 Å². The molecule has 3 unspecified atom stereocenters.